The van der Waals surface area contributed by atoms with Crippen molar-refractivity contribution in [1.82, 2.24) is 5.32 Å². The van der Waals surface area contributed by atoms with E-state index in [-0.39, 0.29) is 5.91 Å². The second-order valence-electron chi connectivity index (χ2n) is 10.5. The van der Waals surface area contributed by atoms with Crippen LogP contribution in [0.3, 0.4) is 0 Å². The summed E-state index contributed by atoms with van der Waals surface area (Å²) in [5.41, 5.74) is 3.45. The molecule has 0 unspecified atom stereocenters. The number of fused-ring (bicyclic) bond motifs is 1. The van der Waals surface area contributed by atoms with E-state index in [0.29, 0.717) is 13.0 Å². The molecule has 0 spiro atoms. The molecule has 198 valence electrons. The first-order chi connectivity index (χ1) is 17.2. The van der Waals surface area contributed by atoms with Gasteiger partial charge in [0.25, 0.3) is 0 Å². The van der Waals surface area contributed by atoms with Crippen LogP contribution in [0.25, 0.3) is 11.0 Å². The fourth-order valence-corrected chi connectivity index (χ4v) is 4.98. The Hall–Kier alpha value is -1.77. The van der Waals surface area contributed by atoms with Crippen molar-refractivity contribution < 1.29 is 9.21 Å². The molecule has 1 aromatic heterocycles. The average Bonchev–Trinajstić information content (AvgIpc) is 3.28. The van der Waals surface area contributed by atoms with Crippen LogP contribution in [0.15, 0.2) is 28.9 Å². The Morgan fingerprint density at radius 2 is 1.29 bits per heavy atom. The zero-order chi connectivity index (χ0) is 25.0. The van der Waals surface area contributed by atoms with Crippen LogP contribution in [0, 0.1) is 0 Å². The van der Waals surface area contributed by atoms with Gasteiger partial charge in [0.2, 0.25) is 5.91 Å². The van der Waals surface area contributed by atoms with E-state index in [9.17, 15) is 4.79 Å². The summed E-state index contributed by atoms with van der Waals surface area (Å²) in [6.07, 6.45) is 27.6. The number of carbonyl (C=O) groups is 1. The average molecular weight is 484 g/mol. The Labute approximate surface area is 215 Å². The second kappa shape index (κ2) is 19.4. The third kappa shape index (κ3) is 13.2. The lowest BCUT2D eigenvalue weighted by Crippen LogP contribution is -2.25. The molecule has 0 aliphatic rings. The number of benzene rings is 1. The Morgan fingerprint density at radius 1 is 0.743 bits per heavy atom. The molecular weight excluding hydrogens is 430 g/mol. The molecule has 35 heavy (non-hydrogen) atoms. The van der Waals surface area contributed by atoms with Gasteiger partial charge >= 0.3 is 0 Å². The van der Waals surface area contributed by atoms with E-state index in [1.165, 1.54) is 119 Å². The summed E-state index contributed by atoms with van der Waals surface area (Å²) in [5, 5.41) is 4.28. The molecule has 0 aliphatic carbocycles. The van der Waals surface area contributed by atoms with Crippen molar-refractivity contribution in [2.24, 2.45) is 0 Å². The van der Waals surface area contributed by atoms with Gasteiger partial charge in [-0.05, 0) is 42.5 Å². The molecule has 0 saturated carbocycles. The molecular formula is C32H53NO2. The summed E-state index contributed by atoms with van der Waals surface area (Å²) >= 11 is 0. The largest absolute Gasteiger partial charge is 0.464 e. The molecule has 2 rings (SSSR count). The predicted molar refractivity (Wildman–Crippen MR) is 151 cm³/mol. The van der Waals surface area contributed by atoms with E-state index >= 15 is 0 Å². The number of hydrogen-bond acceptors (Lipinski definition) is 2. The molecule has 1 heterocycles. The van der Waals surface area contributed by atoms with Gasteiger partial charge in [0, 0.05) is 18.4 Å². The van der Waals surface area contributed by atoms with Crippen molar-refractivity contribution in [1.29, 1.82) is 0 Å². The van der Waals surface area contributed by atoms with Gasteiger partial charge in [0.05, 0.1) is 6.26 Å². The van der Waals surface area contributed by atoms with Gasteiger partial charge in [0.15, 0.2) is 0 Å². The van der Waals surface area contributed by atoms with Crippen LogP contribution in [0.2, 0.25) is 0 Å². The minimum atomic E-state index is 0.188. The predicted octanol–water partition coefficient (Wildman–Crippen LogP) is 9.70. The maximum absolute atomic E-state index is 12.2. The number of hydrogen-bond donors (Lipinski definition) is 1. The van der Waals surface area contributed by atoms with Crippen LogP contribution in [0.4, 0.5) is 0 Å². The Kier molecular flexibility index (Phi) is 16.3. The van der Waals surface area contributed by atoms with Gasteiger partial charge in [-0.25, -0.2) is 0 Å². The van der Waals surface area contributed by atoms with E-state index in [4.69, 9.17) is 4.42 Å². The third-order valence-corrected chi connectivity index (χ3v) is 7.35. The maximum atomic E-state index is 12.2. The highest BCUT2D eigenvalue weighted by molar-refractivity contribution is 5.82. The zero-order valence-electron chi connectivity index (χ0n) is 23.0. The van der Waals surface area contributed by atoms with E-state index in [1.54, 1.807) is 0 Å². The summed E-state index contributed by atoms with van der Waals surface area (Å²) in [7, 11) is 0. The fourth-order valence-electron chi connectivity index (χ4n) is 4.98. The molecule has 1 N–H and O–H groups in total. The third-order valence-electron chi connectivity index (χ3n) is 7.35. The van der Waals surface area contributed by atoms with Gasteiger partial charge in [-0.1, -0.05) is 123 Å². The smallest absolute Gasteiger partial charge is 0.220 e. The number of aryl methyl sites for hydroxylation is 1. The van der Waals surface area contributed by atoms with Gasteiger partial charge in [0.1, 0.15) is 5.58 Å². The lowest BCUT2D eigenvalue weighted by molar-refractivity contribution is -0.121. The highest BCUT2D eigenvalue weighted by Gasteiger charge is 2.07. The van der Waals surface area contributed by atoms with Gasteiger partial charge in [-0.3, -0.25) is 4.79 Å². The number of nitrogens with one attached hydrogen (secondary N) is 1. The van der Waals surface area contributed by atoms with Crippen LogP contribution >= 0.6 is 0 Å². The summed E-state index contributed by atoms with van der Waals surface area (Å²) in [6.45, 7) is 5.14. The van der Waals surface area contributed by atoms with E-state index in [1.807, 2.05) is 12.3 Å². The number of rotatable bonds is 22. The quantitative estimate of drug-likeness (QED) is 0.169. The first-order valence-electron chi connectivity index (χ1n) is 15.0. The topological polar surface area (TPSA) is 42.2 Å². The maximum Gasteiger partial charge on any atom is 0.220 e. The molecule has 0 aliphatic heterocycles. The number of amides is 1. The number of furan rings is 1. The molecule has 0 saturated heterocycles. The van der Waals surface area contributed by atoms with Crippen LogP contribution in [0.5, 0.6) is 0 Å². The Balaban J connectivity index is 1.35. The molecule has 3 heteroatoms. The summed E-state index contributed by atoms with van der Waals surface area (Å²) < 4.78 is 5.66. The normalized spacial score (nSPS) is 11.4. The Morgan fingerprint density at radius 3 is 1.83 bits per heavy atom. The van der Waals surface area contributed by atoms with Crippen molar-refractivity contribution in [3.05, 3.63) is 35.6 Å². The highest BCUT2D eigenvalue weighted by Crippen LogP contribution is 2.23. The summed E-state index contributed by atoms with van der Waals surface area (Å²) in [4.78, 5) is 12.2. The van der Waals surface area contributed by atoms with Gasteiger partial charge < -0.3 is 9.73 Å². The minimum Gasteiger partial charge on any atom is -0.464 e. The van der Waals surface area contributed by atoms with Crippen molar-refractivity contribution in [2.75, 3.05) is 6.54 Å². The molecule has 0 radical (unpaired) electrons. The van der Waals surface area contributed by atoms with Gasteiger partial charge in [-0.15, -0.1) is 0 Å². The second-order valence-corrected chi connectivity index (χ2v) is 10.5. The number of carbonyl (C=O) groups excluding carboxylic acids is 1. The van der Waals surface area contributed by atoms with E-state index in [2.05, 4.69) is 31.3 Å². The first kappa shape index (κ1) is 29.5. The molecule has 1 amide bonds. The molecule has 2 aromatic rings. The zero-order valence-corrected chi connectivity index (χ0v) is 23.0. The first-order valence-corrected chi connectivity index (χ1v) is 15.0. The SMILES string of the molecule is CCCCCCCCCCCCCCCCCCCC(=O)NCCc1coc2ccc(CC)cc12. The summed E-state index contributed by atoms with van der Waals surface area (Å²) in [5.74, 6) is 0.188. The monoisotopic (exact) mass is 483 g/mol. The fraction of sp³-hybridized carbons (Fsp3) is 0.719. The van der Waals surface area contributed by atoms with Crippen LogP contribution in [0.1, 0.15) is 141 Å². The molecule has 0 fully saturated rings. The van der Waals surface area contributed by atoms with Crippen molar-refractivity contribution in [2.45, 2.75) is 142 Å². The Bertz CT molecular complexity index is 794. The number of unbranched alkanes of at least 4 members (excludes halogenated alkanes) is 16. The van der Waals surface area contributed by atoms with E-state index < -0.39 is 0 Å². The molecule has 1 aromatic carbocycles. The van der Waals surface area contributed by atoms with Crippen LogP contribution < -0.4 is 5.32 Å². The van der Waals surface area contributed by atoms with Gasteiger partial charge in [-0.2, -0.15) is 0 Å². The van der Waals surface area contributed by atoms with Crippen molar-refractivity contribution >= 4 is 16.9 Å². The molecule has 0 atom stereocenters. The molecule has 0 bridgehead atoms. The van der Waals surface area contributed by atoms with Crippen molar-refractivity contribution in [3.63, 3.8) is 0 Å². The van der Waals surface area contributed by atoms with Crippen LogP contribution in [-0.2, 0) is 17.6 Å². The lowest BCUT2D eigenvalue weighted by atomic mass is 10.0. The highest BCUT2D eigenvalue weighted by atomic mass is 16.3. The minimum absolute atomic E-state index is 0.188. The van der Waals surface area contributed by atoms with E-state index in [0.717, 1.165) is 24.8 Å². The molecule has 3 nitrogen and oxygen atoms in total. The lowest BCUT2D eigenvalue weighted by Gasteiger charge is -2.05. The van der Waals surface area contributed by atoms with Crippen molar-refractivity contribution in [3.8, 4) is 0 Å². The standard InChI is InChI=1S/C32H53NO2/c1-3-5-6-7-8-9-10-11-12-13-14-15-16-17-18-19-20-21-32(34)33-25-24-29-27-35-31-23-22-28(4-2)26-30(29)31/h22-23,26-27H,3-21,24-25H2,1-2H3,(H,33,34). The van der Waals surface area contributed by atoms with Crippen LogP contribution in [-0.4, -0.2) is 12.5 Å². The summed E-state index contributed by atoms with van der Waals surface area (Å²) in [6, 6.07) is 6.39.